The molecule has 106 valence electrons. The van der Waals surface area contributed by atoms with E-state index < -0.39 is 0 Å². The van der Waals surface area contributed by atoms with Crippen molar-refractivity contribution >= 4 is 35.3 Å². The van der Waals surface area contributed by atoms with Crippen molar-refractivity contribution in [2.45, 2.75) is 12.8 Å². The Morgan fingerprint density at radius 3 is 3.05 bits per heavy atom. The molecule has 3 amide bonds. The Labute approximate surface area is 121 Å². The molecule has 1 atom stereocenters. The molecule has 1 unspecified atom stereocenters. The molecule has 0 aromatic carbocycles. The number of hydrogen-bond donors (Lipinski definition) is 2. The van der Waals surface area contributed by atoms with Crippen LogP contribution in [0.4, 0.5) is 4.79 Å². The Hall–Kier alpha value is -0.880. The quantitative estimate of drug-likeness (QED) is 0.765. The van der Waals surface area contributed by atoms with E-state index in [0.717, 1.165) is 23.6 Å². The van der Waals surface area contributed by atoms with Gasteiger partial charge in [-0.1, -0.05) is 0 Å². The lowest BCUT2D eigenvalue weighted by molar-refractivity contribution is -0.118. The molecular weight excluding hydrogens is 286 g/mol. The highest BCUT2D eigenvalue weighted by Gasteiger charge is 2.30. The summed E-state index contributed by atoms with van der Waals surface area (Å²) in [6.07, 6.45) is 1.13. The molecule has 7 heteroatoms. The van der Waals surface area contributed by atoms with Gasteiger partial charge in [0.05, 0.1) is 0 Å². The molecule has 0 spiro atoms. The van der Waals surface area contributed by atoms with Crippen molar-refractivity contribution in [2.75, 3.05) is 30.5 Å². The van der Waals surface area contributed by atoms with Crippen LogP contribution in [-0.4, -0.2) is 47.3 Å². The van der Waals surface area contributed by atoms with E-state index in [2.05, 4.69) is 5.32 Å². The predicted molar refractivity (Wildman–Crippen MR) is 77.1 cm³/mol. The van der Waals surface area contributed by atoms with Gasteiger partial charge >= 0.3 is 6.03 Å². The zero-order valence-electron chi connectivity index (χ0n) is 10.7. The second-order valence-corrected chi connectivity index (χ2v) is 6.16. The van der Waals surface area contributed by atoms with Crippen molar-refractivity contribution in [3.63, 3.8) is 0 Å². The highest BCUT2D eigenvalue weighted by atomic mass is 35.5. The van der Waals surface area contributed by atoms with Gasteiger partial charge in [0.25, 0.3) is 0 Å². The SMILES string of the molecule is NC(=O)CC1CSCC2=C1NC(=O)N(CCCl)CC2. The number of rotatable bonds is 4. The van der Waals surface area contributed by atoms with Crippen molar-refractivity contribution < 1.29 is 9.59 Å². The second-order valence-electron chi connectivity index (χ2n) is 4.76. The summed E-state index contributed by atoms with van der Waals surface area (Å²) in [6, 6.07) is -0.118. The van der Waals surface area contributed by atoms with Crippen LogP contribution in [0.2, 0.25) is 0 Å². The number of nitrogens with one attached hydrogen (secondary N) is 1. The number of urea groups is 1. The van der Waals surface area contributed by atoms with E-state index in [-0.39, 0.29) is 17.9 Å². The number of primary amides is 1. The molecule has 0 aromatic rings. The van der Waals surface area contributed by atoms with Crippen LogP contribution in [-0.2, 0) is 4.79 Å². The number of carbonyl (C=O) groups is 2. The highest BCUT2D eigenvalue weighted by Crippen LogP contribution is 2.32. The molecule has 5 nitrogen and oxygen atoms in total. The standard InChI is InChI=1S/C12H18ClN3O2S/c13-2-4-16-3-1-8-6-19-7-9(5-10(14)17)11(8)15-12(16)18/h9H,1-7H2,(H2,14,17)(H,15,18). The van der Waals surface area contributed by atoms with Crippen LogP contribution in [0.15, 0.2) is 11.3 Å². The minimum Gasteiger partial charge on any atom is -0.370 e. The Kier molecular flexibility index (Phi) is 4.99. The summed E-state index contributed by atoms with van der Waals surface area (Å²) in [5, 5.41) is 2.96. The summed E-state index contributed by atoms with van der Waals surface area (Å²) >= 11 is 7.50. The maximum absolute atomic E-state index is 12.1. The number of carbonyl (C=O) groups excluding carboxylic acids is 2. The Bertz CT molecular complexity index is 414. The van der Waals surface area contributed by atoms with E-state index >= 15 is 0 Å². The molecule has 0 saturated heterocycles. The van der Waals surface area contributed by atoms with Gasteiger partial charge in [0.2, 0.25) is 5.91 Å². The summed E-state index contributed by atoms with van der Waals surface area (Å²) in [4.78, 5) is 24.9. The summed E-state index contributed by atoms with van der Waals surface area (Å²) in [7, 11) is 0. The number of halogens is 1. The van der Waals surface area contributed by atoms with Gasteiger partial charge in [0, 0.05) is 48.5 Å². The van der Waals surface area contributed by atoms with Crippen LogP contribution in [0, 0.1) is 5.92 Å². The van der Waals surface area contributed by atoms with Gasteiger partial charge in [-0.05, 0) is 12.0 Å². The lowest BCUT2D eigenvalue weighted by atomic mass is 9.97. The fourth-order valence-electron chi connectivity index (χ4n) is 2.46. The molecule has 3 N–H and O–H groups in total. The van der Waals surface area contributed by atoms with Crippen LogP contribution in [0.3, 0.4) is 0 Å². The highest BCUT2D eigenvalue weighted by molar-refractivity contribution is 7.99. The topological polar surface area (TPSA) is 75.4 Å². The zero-order chi connectivity index (χ0) is 13.8. The van der Waals surface area contributed by atoms with Gasteiger partial charge in [-0.15, -0.1) is 11.6 Å². The molecule has 0 fully saturated rings. The monoisotopic (exact) mass is 303 g/mol. The average Bonchev–Trinajstić information content (AvgIpc) is 2.51. The number of hydrogen-bond acceptors (Lipinski definition) is 3. The van der Waals surface area contributed by atoms with Gasteiger partial charge < -0.3 is 16.0 Å². The number of allylic oxidation sites excluding steroid dienone is 1. The number of thioether (sulfide) groups is 1. The van der Waals surface area contributed by atoms with Gasteiger partial charge in [-0.3, -0.25) is 4.79 Å². The van der Waals surface area contributed by atoms with E-state index in [1.165, 1.54) is 5.57 Å². The van der Waals surface area contributed by atoms with Crippen molar-refractivity contribution in [1.82, 2.24) is 10.2 Å². The molecule has 19 heavy (non-hydrogen) atoms. The minimum atomic E-state index is -0.324. The normalized spacial score (nSPS) is 23.7. The Balaban J connectivity index is 2.14. The van der Waals surface area contributed by atoms with E-state index in [0.29, 0.717) is 25.4 Å². The Morgan fingerprint density at radius 2 is 2.37 bits per heavy atom. The maximum Gasteiger partial charge on any atom is 0.321 e. The first kappa shape index (κ1) is 14.5. The number of nitrogens with two attached hydrogens (primary N) is 1. The van der Waals surface area contributed by atoms with E-state index in [4.69, 9.17) is 17.3 Å². The molecule has 2 aliphatic rings. The zero-order valence-corrected chi connectivity index (χ0v) is 12.2. The first-order valence-electron chi connectivity index (χ1n) is 6.31. The van der Waals surface area contributed by atoms with Gasteiger partial charge in [0.1, 0.15) is 0 Å². The first-order chi connectivity index (χ1) is 9.11. The summed E-state index contributed by atoms with van der Waals surface area (Å²) < 4.78 is 0. The maximum atomic E-state index is 12.1. The molecule has 2 rings (SSSR count). The fourth-order valence-corrected chi connectivity index (χ4v) is 3.89. The number of alkyl halides is 1. The number of nitrogens with zero attached hydrogens (tertiary/aromatic N) is 1. The smallest absolute Gasteiger partial charge is 0.321 e. The third kappa shape index (κ3) is 3.57. The van der Waals surface area contributed by atoms with E-state index in [9.17, 15) is 9.59 Å². The summed E-state index contributed by atoms with van der Waals surface area (Å²) in [5.41, 5.74) is 7.43. The van der Waals surface area contributed by atoms with Crippen LogP contribution in [0.5, 0.6) is 0 Å². The third-order valence-electron chi connectivity index (χ3n) is 3.40. The van der Waals surface area contributed by atoms with Crippen molar-refractivity contribution in [3.8, 4) is 0 Å². The van der Waals surface area contributed by atoms with Crippen molar-refractivity contribution in [3.05, 3.63) is 11.3 Å². The summed E-state index contributed by atoms with van der Waals surface area (Å²) in [6.45, 7) is 1.23. The largest absolute Gasteiger partial charge is 0.370 e. The van der Waals surface area contributed by atoms with E-state index in [1.54, 1.807) is 16.7 Å². The van der Waals surface area contributed by atoms with Crippen LogP contribution < -0.4 is 11.1 Å². The van der Waals surface area contributed by atoms with Gasteiger partial charge in [-0.2, -0.15) is 11.8 Å². The molecule has 0 aromatic heterocycles. The van der Waals surface area contributed by atoms with E-state index in [1.807, 2.05) is 0 Å². The molecule has 0 radical (unpaired) electrons. The van der Waals surface area contributed by atoms with Gasteiger partial charge in [-0.25, -0.2) is 4.79 Å². The molecule has 0 bridgehead atoms. The summed E-state index contributed by atoms with van der Waals surface area (Å²) in [5.74, 6) is 1.89. The molecule has 0 aliphatic carbocycles. The van der Waals surface area contributed by atoms with Crippen molar-refractivity contribution in [1.29, 1.82) is 0 Å². The molecule has 0 saturated carbocycles. The first-order valence-corrected chi connectivity index (χ1v) is 8.00. The third-order valence-corrected chi connectivity index (χ3v) is 4.76. The molecule has 2 heterocycles. The second kappa shape index (κ2) is 6.52. The fraction of sp³-hybridized carbons (Fsp3) is 0.667. The van der Waals surface area contributed by atoms with Crippen LogP contribution in [0.1, 0.15) is 12.8 Å². The van der Waals surface area contributed by atoms with Crippen LogP contribution in [0.25, 0.3) is 0 Å². The number of amides is 3. The molecular formula is C12H18ClN3O2S. The lowest BCUT2D eigenvalue weighted by Gasteiger charge is -2.26. The molecule has 2 aliphatic heterocycles. The van der Waals surface area contributed by atoms with Crippen LogP contribution >= 0.6 is 23.4 Å². The minimum absolute atomic E-state index is 0.0335. The van der Waals surface area contributed by atoms with Crippen molar-refractivity contribution in [2.24, 2.45) is 11.7 Å². The average molecular weight is 304 g/mol. The predicted octanol–water partition coefficient (Wildman–Crippen LogP) is 1.13. The Morgan fingerprint density at radius 1 is 1.58 bits per heavy atom. The lowest BCUT2D eigenvalue weighted by Crippen LogP contribution is -2.41. The van der Waals surface area contributed by atoms with Gasteiger partial charge in [0.15, 0.2) is 0 Å².